The van der Waals surface area contributed by atoms with Crippen LogP contribution in [0.2, 0.25) is 0 Å². The lowest BCUT2D eigenvalue weighted by Crippen LogP contribution is -2.44. The van der Waals surface area contributed by atoms with Gasteiger partial charge in [-0.1, -0.05) is 32.5 Å². The fourth-order valence-corrected chi connectivity index (χ4v) is 3.06. The minimum absolute atomic E-state index is 0.0154. The van der Waals surface area contributed by atoms with E-state index in [-0.39, 0.29) is 17.0 Å². The molecule has 2 heterocycles. The summed E-state index contributed by atoms with van der Waals surface area (Å²) in [5, 5.41) is 3.65. The minimum atomic E-state index is -0.388. The van der Waals surface area contributed by atoms with Gasteiger partial charge in [-0.15, -0.1) is 0 Å². The molecular weight excluding hydrogens is 248 g/mol. The Morgan fingerprint density at radius 3 is 2.78 bits per heavy atom. The third-order valence-corrected chi connectivity index (χ3v) is 4.15. The first-order chi connectivity index (χ1) is 8.41. The highest BCUT2D eigenvalue weighted by molar-refractivity contribution is 8.13. The Kier molecular flexibility index (Phi) is 4.02. The third kappa shape index (κ3) is 3.26. The molecule has 0 bridgehead atoms. The summed E-state index contributed by atoms with van der Waals surface area (Å²) in [6.07, 6.45) is 4.21. The Labute approximate surface area is 113 Å². The Hall–Kier alpha value is -0.550. The Bertz CT molecular complexity index is 354. The van der Waals surface area contributed by atoms with Crippen molar-refractivity contribution in [3.05, 3.63) is 0 Å². The minimum Gasteiger partial charge on any atom is -0.354 e. The molecule has 102 valence electrons. The second kappa shape index (κ2) is 5.21. The maximum absolute atomic E-state index is 12.0. The fraction of sp³-hybridized carbons (Fsp3) is 0.846. The van der Waals surface area contributed by atoms with Crippen molar-refractivity contribution >= 4 is 22.8 Å². The van der Waals surface area contributed by atoms with Crippen LogP contribution in [-0.4, -0.2) is 29.2 Å². The summed E-state index contributed by atoms with van der Waals surface area (Å²) in [7, 11) is 0. The zero-order valence-electron chi connectivity index (χ0n) is 11.4. The van der Waals surface area contributed by atoms with Crippen LogP contribution in [0.5, 0.6) is 0 Å². The second-order valence-electron chi connectivity index (χ2n) is 5.97. The zero-order valence-corrected chi connectivity index (χ0v) is 12.2. The van der Waals surface area contributed by atoms with E-state index in [2.05, 4.69) is 10.3 Å². The van der Waals surface area contributed by atoms with E-state index in [1.807, 2.05) is 20.8 Å². The van der Waals surface area contributed by atoms with E-state index < -0.39 is 0 Å². The third-order valence-electron chi connectivity index (χ3n) is 3.27. The summed E-state index contributed by atoms with van der Waals surface area (Å²) in [5.41, 5.74) is -0.745. The number of aliphatic imine (C=N–C) groups is 1. The lowest BCUT2D eigenvalue weighted by Gasteiger charge is -2.37. The molecule has 0 aromatic carbocycles. The summed E-state index contributed by atoms with van der Waals surface area (Å²) < 4.78 is 5.85. The highest BCUT2D eigenvalue weighted by Crippen LogP contribution is 2.35. The van der Waals surface area contributed by atoms with Gasteiger partial charge in [0.15, 0.2) is 10.9 Å². The number of carbonyl (C=O) groups is 1. The van der Waals surface area contributed by atoms with Gasteiger partial charge in [0, 0.05) is 24.2 Å². The Balaban J connectivity index is 2.06. The van der Waals surface area contributed by atoms with Gasteiger partial charge in [-0.2, -0.15) is 0 Å². The molecule has 1 amide bonds. The van der Waals surface area contributed by atoms with Crippen LogP contribution in [0.3, 0.4) is 0 Å². The van der Waals surface area contributed by atoms with Crippen molar-refractivity contribution in [1.29, 1.82) is 0 Å². The SMILES string of the molecule is CC(C)(C)C(=O)NC1=N[C@]2(CCCCO2)CCS1. The first-order valence-electron chi connectivity index (χ1n) is 6.59. The molecule has 1 saturated heterocycles. The molecule has 1 spiro atoms. The number of ether oxygens (including phenoxy) is 1. The molecule has 0 aromatic rings. The quantitative estimate of drug-likeness (QED) is 0.736. The predicted molar refractivity (Wildman–Crippen MR) is 74.6 cm³/mol. The molecule has 1 fully saturated rings. The first kappa shape index (κ1) is 13.9. The van der Waals surface area contributed by atoms with Gasteiger partial charge < -0.3 is 10.1 Å². The number of amidine groups is 1. The van der Waals surface area contributed by atoms with Gasteiger partial charge in [0.2, 0.25) is 5.91 Å². The average molecular weight is 270 g/mol. The fourth-order valence-electron chi connectivity index (χ4n) is 2.05. The van der Waals surface area contributed by atoms with Crippen molar-refractivity contribution in [3.63, 3.8) is 0 Å². The topological polar surface area (TPSA) is 50.7 Å². The van der Waals surface area contributed by atoms with Crippen molar-refractivity contribution < 1.29 is 9.53 Å². The maximum Gasteiger partial charge on any atom is 0.231 e. The molecule has 0 aliphatic carbocycles. The van der Waals surface area contributed by atoms with Gasteiger partial charge in [0.1, 0.15) is 0 Å². The molecule has 2 aliphatic rings. The van der Waals surface area contributed by atoms with Gasteiger partial charge in [-0.25, -0.2) is 4.99 Å². The van der Waals surface area contributed by atoms with E-state index in [1.54, 1.807) is 11.8 Å². The molecule has 2 rings (SSSR count). The van der Waals surface area contributed by atoms with Crippen LogP contribution < -0.4 is 5.32 Å². The highest BCUT2D eigenvalue weighted by atomic mass is 32.2. The lowest BCUT2D eigenvalue weighted by atomic mass is 9.96. The molecule has 2 aliphatic heterocycles. The van der Waals surface area contributed by atoms with Crippen molar-refractivity contribution in [2.45, 2.75) is 52.2 Å². The number of nitrogens with one attached hydrogen (secondary N) is 1. The van der Waals surface area contributed by atoms with Crippen LogP contribution in [0.4, 0.5) is 0 Å². The molecule has 0 radical (unpaired) electrons. The lowest BCUT2D eigenvalue weighted by molar-refractivity contribution is -0.126. The number of thioether (sulfide) groups is 1. The van der Waals surface area contributed by atoms with E-state index >= 15 is 0 Å². The van der Waals surface area contributed by atoms with Crippen LogP contribution in [0.25, 0.3) is 0 Å². The predicted octanol–water partition coefficient (Wildman–Crippen LogP) is 2.54. The summed E-state index contributed by atoms with van der Waals surface area (Å²) in [4.78, 5) is 16.6. The van der Waals surface area contributed by atoms with Crippen molar-refractivity contribution in [2.24, 2.45) is 10.4 Å². The second-order valence-corrected chi connectivity index (χ2v) is 7.05. The molecule has 18 heavy (non-hydrogen) atoms. The van der Waals surface area contributed by atoms with Crippen molar-refractivity contribution in [3.8, 4) is 0 Å². The normalized spacial score (nSPS) is 28.9. The van der Waals surface area contributed by atoms with E-state index in [9.17, 15) is 4.79 Å². The van der Waals surface area contributed by atoms with Crippen LogP contribution in [-0.2, 0) is 9.53 Å². The molecule has 0 unspecified atom stereocenters. The van der Waals surface area contributed by atoms with Gasteiger partial charge in [-0.3, -0.25) is 4.79 Å². The maximum atomic E-state index is 12.0. The molecule has 5 heteroatoms. The standard InChI is InChI=1S/C13H22N2O2S/c1-12(2,3)10(16)14-11-15-13(7-9-18-11)6-4-5-8-17-13/h4-9H2,1-3H3,(H,14,15,16)/t13-/m0/s1. The molecule has 1 atom stereocenters. The molecule has 0 saturated carbocycles. The Morgan fingerprint density at radius 2 is 2.17 bits per heavy atom. The molecule has 4 nitrogen and oxygen atoms in total. The van der Waals surface area contributed by atoms with Gasteiger partial charge in [0.05, 0.1) is 0 Å². The summed E-state index contributed by atoms with van der Waals surface area (Å²) in [5.74, 6) is 0.977. The van der Waals surface area contributed by atoms with E-state index in [0.717, 1.165) is 43.2 Å². The van der Waals surface area contributed by atoms with Crippen molar-refractivity contribution in [1.82, 2.24) is 5.32 Å². The van der Waals surface area contributed by atoms with Gasteiger partial charge in [-0.05, 0) is 19.3 Å². The summed E-state index contributed by atoms with van der Waals surface area (Å²) in [6.45, 7) is 6.50. The number of amides is 1. The molecule has 0 aromatic heterocycles. The molecule has 1 N–H and O–H groups in total. The largest absolute Gasteiger partial charge is 0.354 e. The number of rotatable bonds is 0. The highest BCUT2D eigenvalue weighted by Gasteiger charge is 2.36. The summed E-state index contributed by atoms with van der Waals surface area (Å²) >= 11 is 1.61. The smallest absolute Gasteiger partial charge is 0.231 e. The van der Waals surface area contributed by atoms with Crippen LogP contribution in [0.1, 0.15) is 46.5 Å². The number of hydrogen-bond donors (Lipinski definition) is 1. The van der Waals surface area contributed by atoms with Crippen LogP contribution in [0, 0.1) is 5.41 Å². The summed E-state index contributed by atoms with van der Waals surface area (Å²) in [6, 6.07) is 0. The monoisotopic (exact) mass is 270 g/mol. The van der Waals surface area contributed by atoms with E-state index in [1.165, 1.54) is 0 Å². The first-order valence-corrected chi connectivity index (χ1v) is 7.58. The average Bonchev–Trinajstić information content (AvgIpc) is 2.28. The van der Waals surface area contributed by atoms with Crippen LogP contribution in [0.15, 0.2) is 4.99 Å². The zero-order chi connectivity index (χ0) is 13.2. The van der Waals surface area contributed by atoms with Gasteiger partial charge >= 0.3 is 0 Å². The van der Waals surface area contributed by atoms with Crippen molar-refractivity contribution in [2.75, 3.05) is 12.4 Å². The number of carbonyl (C=O) groups excluding carboxylic acids is 1. The number of hydrogen-bond acceptors (Lipinski definition) is 4. The van der Waals surface area contributed by atoms with E-state index in [0.29, 0.717) is 0 Å². The van der Waals surface area contributed by atoms with Crippen LogP contribution >= 0.6 is 11.8 Å². The molecular formula is C13H22N2O2S. The van der Waals surface area contributed by atoms with E-state index in [4.69, 9.17) is 4.74 Å². The Morgan fingerprint density at radius 1 is 1.39 bits per heavy atom. The number of nitrogens with zero attached hydrogens (tertiary/aromatic N) is 1. The van der Waals surface area contributed by atoms with Gasteiger partial charge in [0.25, 0.3) is 0 Å².